The molecule has 9 heteroatoms. The Bertz CT molecular complexity index is 743. The number of halogens is 1. The summed E-state index contributed by atoms with van der Waals surface area (Å²) in [4.78, 5) is 32.9. The molecule has 1 amide bonds. The number of hydrogen-bond acceptors (Lipinski definition) is 5. The lowest BCUT2D eigenvalue weighted by molar-refractivity contribution is -0.385. The predicted octanol–water partition coefficient (Wildman–Crippen LogP) is 2.75. The Hall–Kier alpha value is -2.81. The van der Waals surface area contributed by atoms with Crippen LogP contribution in [0.3, 0.4) is 0 Å². The van der Waals surface area contributed by atoms with Gasteiger partial charge in [0.2, 0.25) is 0 Å². The summed E-state index contributed by atoms with van der Waals surface area (Å²) in [6.07, 6.45) is 0. The molecule has 0 unspecified atom stereocenters. The van der Waals surface area contributed by atoms with Gasteiger partial charge in [-0.15, -0.1) is 11.3 Å². The number of nitrogens with zero attached hydrogens (tertiary/aromatic N) is 1. The van der Waals surface area contributed by atoms with Crippen LogP contribution < -0.4 is 5.32 Å². The van der Waals surface area contributed by atoms with E-state index in [0.717, 1.165) is 29.5 Å². The molecule has 0 aliphatic carbocycles. The SMILES string of the molecule is O=C(Nc1sccc1C(=O)O)c1cc(F)ccc1[N+](=O)[O-]. The van der Waals surface area contributed by atoms with E-state index in [1.807, 2.05) is 0 Å². The van der Waals surface area contributed by atoms with Gasteiger partial charge in [-0.1, -0.05) is 0 Å². The van der Waals surface area contributed by atoms with Crippen molar-refractivity contribution in [3.05, 3.63) is 56.7 Å². The van der Waals surface area contributed by atoms with Crippen LogP contribution in [0, 0.1) is 15.9 Å². The third-order valence-corrected chi connectivity index (χ3v) is 3.35. The van der Waals surface area contributed by atoms with Gasteiger partial charge in [0, 0.05) is 6.07 Å². The lowest BCUT2D eigenvalue weighted by Crippen LogP contribution is -2.15. The van der Waals surface area contributed by atoms with E-state index >= 15 is 0 Å². The van der Waals surface area contributed by atoms with Gasteiger partial charge in [-0.05, 0) is 23.6 Å². The molecule has 0 fully saturated rings. The molecule has 1 aromatic carbocycles. The fourth-order valence-corrected chi connectivity index (χ4v) is 2.37. The van der Waals surface area contributed by atoms with Crippen molar-refractivity contribution < 1.29 is 24.0 Å². The molecule has 0 saturated carbocycles. The van der Waals surface area contributed by atoms with Crippen LogP contribution in [-0.2, 0) is 0 Å². The molecule has 7 nitrogen and oxygen atoms in total. The van der Waals surface area contributed by atoms with Gasteiger partial charge in [0.05, 0.1) is 10.5 Å². The minimum absolute atomic E-state index is 0.0195. The minimum atomic E-state index is -1.25. The van der Waals surface area contributed by atoms with Crippen LogP contribution in [0.4, 0.5) is 15.1 Å². The molecule has 108 valence electrons. The molecule has 0 spiro atoms. The second kappa shape index (κ2) is 5.67. The molecule has 0 atom stereocenters. The summed E-state index contributed by atoms with van der Waals surface area (Å²) >= 11 is 0.943. The summed E-state index contributed by atoms with van der Waals surface area (Å²) in [5, 5.41) is 23.4. The quantitative estimate of drug-likeness (QED) is 0.666. The van der Waals surface area contributed by atoms with Crippen molar-refractivity contribution in [3.8, 4) is 0 Å². The molecule has 2 N–H and O–H groups in total. The van der Waals surface area contributed by atoms with Gasteiger partial charge < -0.3 is 10.4 Å². The molecule has 1 aromatic heterocycles. The fourth-order valence-electron chi connectivity index (χ4n) is 1.59. The fraction of sp³-hybridized carbons (Fsp3) is 0. The zero-order valence-electron chi connectivity index (χ0n) is 10.2. The number of carboxylic acids is 1. The highest BCUT2D eigenvalue weighted by atomic mass is 32.1. The first-order chi connectivity index (χ1) is 9.90. The maximum absolute atomic E-state index is 13.2. The minimum Gasteiger partial charge on any atom is -0.478 e. The number of carbonyl (C=O) groups is 2. The molecular formula is C12H7FN2O5S. The van der Waals surface area contributed by atoms with Crippen LogP contribution in [0.1, 0.15) is 20.7 Å². The number of benzene rings is 1. The van der Waals surface area contributed by atoms with E-state index < -0.39 is 33.9 Å². The molecule has 0 aliphatic heterocycles. The molecule has 2 rings (SSSR count). The second-order valence-corrected chi connectivity index (χ2v) is 4.76. The first-order valence-electron chi connectivity index (χ1n) is 5.46. The van der Waals surface area contributed by atoms with Crippen molar-refractivity contribution in [2.24, 2.45) is 0 Å². The Balaban J connectivity index is 2.37. The Morgan fingerprint density at radius 3 is 2.62 bits per heavy atom. The Labute approximate surface area is 120 Å². The highest BCUT2D eigenvalue weighted by molar-refractivity contribution is 7.14. The van der Waals surface area contributed by atoms with Crippen LogP contribution in [0.5, 0.6) is 0 Å². The lowest BCUT2D eigenvalue weighted by atomic mass is 10.1. The number of thiophene rings is 1. The molecule has 0 aliphatic rings. The predicted molar refractivity (Wildman–Crippen MR) is 72.3 cm³/mol. The zero-order chi connectivity index (χ0) is 15.6. The average molecular weight is 310 g/mol. The molecule has 2 aromatic rings. The monoisotopic (exact) mass is 310 g/mol. The largest absolute Gasteiger partial charge is 0.478 e. The van der Waals surface area contributed by atoms with Gasteiger partial charge >= 0.3 is 5.97 Å². The summed E-state index contributed by atoms with van der Waals surface area (Å²) in [6.45, 7) is 0. The number of nitro groups is 1. The Morgan fingerprint density at radius 2 is 2.00 bits per heavy atom. The summed E-state index contributed by atoms with van der Waals surface area (Å²) in [7, 11) is 0. The maximum atomic E-state index is 13.2. The van der Waals surface area contributed by atoms with Crippen molar-refractivity contribution in [1.82, 2.24) is 0 Å². The van der Waals surface area contributed by atoms with E-state index in [1.165, 1.54) is 11.4 Å². The first kappa shape index (κ1) is 14.6. The van der Waals surface area contributed by atoms with Crippen molar-refractivity contribution in [2.45, 2.75) is 0 Å². The van der Waals surface area contributed by atoms with Gasteiger partial charge in [-0.2, -0.15) is 0 Å². The second-order valence-electron chi connectivity index (χ2n) is 3.84. The summed E-state index contributed by atoms with van der Waals surface area (Å²) in [6, 6.07) is 3.74. The van der Waals surface area contributed by atoms with E-state index in [-0.39, 0.29) is 10.6 Å². The van der Waals surface area contributed by atoms with Gasteiger partial charge in [-0.3, -0.25) is 14.9 Å². The van der Waals surface area contributed by atoms with E-state index in [9.17, 15) is 24.1 Å². The number of anilines is 1. The van der Waals surface area contributed by atoms with Gasteiger partial charge in [-0.25, -0.2) is 9.18 Å². The van der Waals surface area contributed by atoms with Crippen molar-refractivity contribution in [1.29, 1.82) is 0 Å². The van der Waals surface area contributed by atoms with Gasteiger partial charge in [0.1, 0.15) is 16.4 Å². The Kier molecular flexibility index (Phi) is 3.94. The molecule has 0 bridgehead atoms. The van der Waals surface area contributed by atoms with Gasteiger partial charge in [0.15, 0.2) is 0 Å². The molecule has 0 radical (unpaired) electrons. The molecule has 0 saturated heterocycles. The summed E-state index contributed by atoms with van der Waals surface area (Å²) < 4.78 is 13.2. The lowest BCUT2D eigenvalue weighted by Gasteiger charge is -2.05. The third-order valence-electron chi connectivity index (χ3n) is 2.52. The van der Waals surface area contributed by atoms with Crippen LogP contribution in [0.15, 0.2) is 29.6 Å². The van der Waals surface area contributed by atoms with Crippen LogP contribution in [0.25, 0.3) is 0 Å². The standard InChI is InChI=1S/C12H7FN2O5S/c13-6-1-2-9(15(19)20)8(5-6)10(16)14-11-7(12(17)18)3-4-21-11/h1-5H,(H,14,16)(H,17,18). The number of rotatable bonds is 4. The van der Waals surface area contributed by atoms with E-state index in [0.29, 0.717) is 0 Å². The first-order valence-corrected chi connectivity index (χ1v) is 6.34. The smallest absolute Gasteiger partial charge is 0.338 e. The molecular weight excluding hydrogens is 303 g/mol. The van der Waals surface area contributed by atoms with Crippen molar-refractivity contribution in [3.63, 3.8) is 0 Å². The highest BCUT2D eigenvalue weighted by Crippen LogP contribution is 2.26. The topological polar surface area (TPSA) is 110 Å². The third kappa shape index (κ3) is 3.03. The van der Waals surface area contributed by atoms with Crippen LogP contribution in [0.2, 0.25) is 0 Å². The van der Waals surface area contributed by atoms with Crippen LogP contribution in [-0.4, -0.2) is 21.9 Å². The summed E-state index contributed by atoms with van der Waals surface area (Å²) in [5.74, 6) is -3.01. The van der Waals surface area contributed by atoms with Crippen molar-refractivity contribution >= 4 is 33.9 Å². The number of nitro benzene ring substituents is 1. The van der Waals surface area contributed by atoms with E-state index in [1.54, 1.807) is 0 Å². The van der Waals surface area contributed by atoms with Gasteiger partial charge in [0.25, 0.3) is 11.6 Å². The molecule has 21 heavy (non-hydrogen) atoms. The number of carboxylic acid groups (broad SMARTS) is 1. The van der Waals surface area contributed by atoms with E-state index in [2.05, 4.69) is 5.32 Å². The number of nitrogens with one attached hydrogen (secondary N) is 1. The average Bonchev–Trinajstić information content (AvgIpc) is 2.86. The summed E-state index contributed by atoms with van der Waals surface area (Å²) in [5.41, 5.74) is -1.19. The number of carbonyl (C=O) groups excluding carboxylic acids is 1. The zero-order valence-corrected chi connectivity index (χ0v) is 11.0. The molecule has 1 heterocycles. The number of aromatic carboxylic acids is 1. The number of hydrogen-bond donors (Lipinski definition) is 2. The van der Waals surface area contributed by atoms with Crippen LogP contribution >= 0.6 is 11.3 Å². The number of amides is 1. The maximum Gasteiger partial charge on any atom is 0.338 e. The van der Waals surface area contributed by atoms with E-state index in [4.69, 9.17) is 5.11 Å². The Morgan fingerprint density at radius 1 is 1.29 bits per heavy atom. The normalized spacial score (nSPS) is 10.1. The van der Waals surface area contributed by atoms with Crippen molar-refractivity contribution in [2.75, 3.05) is 5.32 Å². The highest BCUT2D eigenvalue weighted by Gasteiger charge is 2.23.